The second-order valence-electron chi connectivity index (χ2n) is 8.29. The number of benzene rings is 4. The molecule has 11 heteroatoms. The summed E-state index contributed by atoms with van der Waals surface area (Å²) in [4.78, 5) is 33.7. The van der Waals surface area contributed by atoms with E-state index in [1.807, 2.05) is 18.2 Å². The van der Waals surface area contributed by atoms with E-state index in [-0.39, 0.29) is 34.1 Å². The van der Waals surface area contributed by atoms with Crippen LogP contribution >= 0.6 is 0 Å². The zero-order valence-corrected chi connectivity index (χ0v) is 21.2. The van der Waals surface area contributed by atoms with Crippen molar-refractivity contribution in [1.29, 1.82) is 0 Å². The smallest absolute Gasteiger partial charge is 0.336 e. The molecule has 4 aromatic carbocycles. The van der Waals surface area contributed by atoms with Crippen LogP contribution in [0.4, 0.5) is 11.4 Å². The van der Waals surface area contributed by atoms with Crippen molar-refractivity contribution < 1.29 is 38.1 Å². The van der Waals surface area contributed by atoms with E-state index in [2.05, 4.69) is 15.7 Å². The molecular weight excluding hydrogens is 524 g/mol. The first-order chi connectivity index (χ1) is 18.8. The summed E-state index contributed by atoms with van der Waals surface area (Å²) in [5.74, 6) is -1.85. The highest BCUT2D eigenvalue weighted by Crippen LogP contribution is 2.24. The summed E-state index contributed by atoms with van der Waals surface area (Å²) in [6.07, 6.45) is 0. The van der Waals surface area contributed by atoms with Gasteiger partial charge in [-0.3, -0.25) is 20.4 Å². The van der Waals surface area contributed by atoms with Crippen LogP contribution in [0.3, 0.4) is 0 Å². The van der Waals surface area contributed by atoms with Crippen LogP contribution in [0.5, 0.6) is 0 Å². The lowest BCUT2D eigenvalue weighted by Crippen LogP contribution is -2.16. The van der Waals surface area contributed by atoms with Gasteiger partial charge in [-0.05, 0) is 71.8 Å². The molecule has 0 fully saturated rings. The minimum absolute atomic E-state index is 0.0113. The van der Waals surface area contributed by atoms with Gasteiger partial charge in [0.05, 0.1) is 33.2 Å². The highest BCUT2D eigenvalue weighted by Gasteiger charge is 2.19. The highest BCUT2D eigenvalue weighted by atomic mass is 32.2. The summed E-state index contributed by atoms with van der Waals surface area (Å²) in [7, 11) is -3.84. The first-order valence-corrected chi connectivity index (χ1v) is 13.1. The van der Waals surface area contributed by atoms with Crippen molar-refractivity contribution in [2.75, 3.05) is 10.8 Å². The van der Waals surface area contributed by atoms with Crippen molar-refractivity contribution in [2.45, 2.75) is 23.0 Å². The molecule has 0 radical (unpaired) electrons. The molecule has 4 N–H and O–H groups in total. The molecule has 0 aliphatic carbocycles. The third kappa shape index (κ3) is 6.67. The topological polar surface area (TPSA) is 151 Å². The van der Waals surface area contributed by atoms with Crippen LogP contribution in [0.15, 0.2) is 107 Å². The molecule has 0 bridgehead atoms. The van der Waals surface area contributed by atoms with Gasteiger partial charge < -0.3 is 10.4 Å². The zero-order chi connectivity index (χ0) is 27.8. The second-order valence-corrected chi connectivity index (χ2v) is 10.2. The van der Waals surface area contributed by atoms with E-state index in [0.29, 0.717) is 11.4 Å². The van der Waals surface area contributed by atoms with Crippen molar-refractivity contribution in [2.24, 2.45) is 0 Å². The number of carbonyl (C=O) groups excluding carboxylic acids is 1. The van der Waals surface area contributed by atoms with Gasteiger partial charge in [0.25, 0.3) is 5.91 Å². The SMILES string of the molecule is O=C(O)c1ccccc1C(=O)Nc1ccc(S(=O)(=O)c2ccc(NOCc3ccccc3COO)cc2)cc1. The normalized spacial score (nSPS) is 11.1. The lowest BCUT2D eigenvalue weighted by Gasteiger charge is -2.11. The predicted molar refractivity (Wildman–Crippen MR) is 142 cm³/mol. The molecule has 0 spiro atoms. The summed E-state index contributed by atoms with van der Waals surface area (Å²) >= 11 is 0. The van der Waals surface area contributed by atoms with Crippen LogP contribution in [-0.4, -0.2) is 30.7 Å². The number of sulfone groups is 1. The van der Waals surface area contributed by atoms with E-state index >= 15 is 0 Å². The van der Waals surface area contributed by atoms with Gasteiger partial charge in [-0.2, -0.15) is 0 Å². The Balaban J connectivity index is 1.39. The quantitative estimate of drug-likeness (QED) is 0.150. The summed E-state index contributed by atoms with van der Waals surface area (Å²) in [6, 6.07) is 24.6. The van der Waals surface area contributed by atoms with Gasteiger partial charge >= 0.3 is 5.97 Å². The minimum atomic E-state index is -3.84. The first-order valence-electron chi connectivity index (χ1n) is 11.6. The van der Waals surface area contributed by atoms with Crippen LogP contribution in [0, 0.1) is 0 Å². The Bertz CT molecular complexity index is 1570. The summed E-state index contributed by atoms with van der Waals surface area (Å²) < 4.78 is 26.2. The molecule has 0 atom stereocenters. The number of amides is 1. The Morgan fingerprint density at radius 1 is 0.692 bits per heavy atom. The van der Waals surface area contributed by atoms with Gasteiger partial charge in [-0.15, -0.1) is 0 Å². The Morgan fingerprint density at radius 2 is 1.21 bits per heavy atom. The maximum absolute atomic E-state index is 13.1. The first kappa shape index (κ1) is 27.5. The average molecular weight is 549 g/mol. The Kier molecular flexibility index (Phi) is 8.69. The van der Waals surface area contributed by atoms with Crippen molar-refractivity contribution in [3.05, 3.63) is 119 Å². The van der Waals surface area contributed by atoms with Crippen LogP contribution < -0.4 is 10.8 Å². The molecule has 0 aromatic heterocycles. The molecule has 0 unspecified atom stereocenters. The van der Waals surface area contributed by atoms with E-state index in [4.69, 9.17) is 10.1 Å². The molecule has 4 aromatic rings. The molecule has 0 saturated heterocycles. The number of carbonyl (C=O) groups is 2. The van der Waals surface area contributed by atoms with Gasteiger partial charge in [0.2, 0.25) is 9.84 Å². The molecule has 10 nitrogen and oxygen atoms in total. The van der Waals surface area contributed by atoms with E-state index in [0.717, 1.165) is 11.1 Å². The van der Waals surface area contributed by atoms with Crippen molar-refractivity contribution >= 4 is 33.1 Å². The van der Waals surface area contributed by atoms with E-state index in [1.165, 1.54) is 54.6 Å². The fraction of sp³-hybridized carbons (Fsp3) is 0.0714. The number of rotatable bonds is 11. The molecule has 0 aliphatic rings. The number of carboxylic acid groups (broad SMARTS) is 1. The zero-order valence-electron chi connectivity index (χ0n) is 20.4. The van der Waals surface area contributed by atoms with Crippen molar-refractivity contribution in [3.8, 4) is 0 Å². The molecule has 39 heavy (non-hydrogen) atoms. The fourth-order valence-electron chi connectivity index (χ4n) is 3.73. The molecule has 200 valence electrons. The lowest BCUT2D eigenvalue weighted by atomic mass is 10.1. The molecule has 0 heterocycles. The Labute approximate surface area is 224 Å². The molecule has 0 saturated carbocycles. The van der Waals surface area contributed by atoms with Crippen molar-refractivity contribution in [1.82, 2.24) is 0 Å². The van der Waals surface area contributed by atoms with Crippen LogP contribution in [0.1, 0.15) is 31.8 Å². The lowest BCUT2D eigenvalue weighted by molar-refractivity contribution is -0.253. The molecule has 0 aliphatic heterocycles. The Hall–Kier alpha value is -4.55. The van der Waals surface area contributed by atoms with Crippen LogP contribution in [-0.2, 0) is 32.8 Å². The van der Waals surface area contributed by atoms with Crippen LogP contribution in [0.2, 0.25) is 0 Å². The van der Waals surface area contributed by atoms with Gasteiger partial charge in [0.1, 0.15) is 6.61 Å². The van der Waals surface area contributed by atoms with Crippen molar-refractivity contribution in [3.63, 3.8) is 0 Å². The Morgan fingerprint density at radius 3 is 1.77 bits per heavy atom. The summed E-state index contributed by atoms with van der Waals surface area (Å²) in [5, 5.41) is 20.6. The monoisotopic (exact) mass is 548 g/mol. The van der Waals surface area contributed by atoms with Crippen LogP contribution in [0.25, 0.3) is 0 Å². The van der Waals surface area contributed by atoms with E-state index in [1.54, 1.807) is 24.3 Å². The average Bonchev–Trinajstić information content (AvgIpc) is 2.94. The number of carboxylic acids is 1. The third-order valence-electron chi connectivity index (χ3n) is 5.75. The molecule has 1 amide bonds. The van der Waals surface area contributed by atoms with Gasteiger partial charge in [0.15, 0.2) is 0 Å². The largest absolute Gasteiger partial charge is 0.478 e. The summed E-state index contributed by atoms with van der Waals surface area (Å²) in [5.41, 5.74) is 5.02. The maximum Gasteiger partial charge on any atom is 0.336 e. The fourth-order valence-corrected chi connectivity index (χ4v) is 4.99. The summed E-state index contributed by atoms with van der Waals surface area (Å²) in [6.45, 7) is 0.211. The standard InChI is InChI=1S/C28H24N2O8S/c31-27(25-7-3-4-8-26(25)28(32)33)29-21-9-13-23(14-10-21)39(35,36)24-15-11-22(12-16-24)30-37-17-19-5-1-2-6-20(19)18-38-34/h1-16,30,34H,17-18H2,(H,29,31)(H,32,33). The third-order valence-corrected chi connectivity index (χ3v) is 7.53. The predicted octanol–water partition coefficient (Wildman–Crippen LogP) is 5.00. The number of nitrogens with one attached hydrogen (secondary N) is 2. The number of aromatic carboxylic acids is 1. The van der Waals surface area contributed by atoms with E-state index in [9.17, 15) is 23.1 Å². The second kappa shape index (κ2) is 12.3. The maximum atomic E-state index is 13.1. The number of hydrogen-bond acceptors (Lipinski definition) is 8. The molecule has 4 rings (SSSR count). The highest BCUT2D eigenvalue weighted by molar-refractivity contribution is 7.91. The van der Waals surface area contributed by atoms with Gasteiger partial charge in [-0.25, -0.2) is 18.1 Å². The number of hydrogen-bond donors (Lipinski definition) is 4. The van der Waals surface area contributed by atoms with E-state index < -0.39 is 21.7 Å². The minimum Gasteiger partial charge on any atom is -0.478 e. The molecular formula is C28H24N2O8S. The van der Waals surface area contributed by atoms with Gasteiger partial charge in [0, 0.05) is 5.69 Å². The number of anilines is 2. The van der Waals surface area contributed by atoms with Gasteiger partial charge in [-0.1, -0.05) is 36.4 Å².